The topological polar surface area (TPSA) is 35.6 Å². The summed E-state index contributed by atoms with van der Waals surface area (Å²) in [6.45, 7) is 0. The summed E-state index contributed by atoms with van der Waals surface area (Å²) in [7, 11) is 0. The Balaban J connectivity index is 1.33. The molecule has 224 valence electrons. The summed E-state index contributed by atoms with van der Waals surface area (Å²) in [5, 5.41) is 5.77. The largest absolute Gasteiger partial charge is 0.309 e. The second kappa shape index (κ2) is 10.5. The van der Waals surface area contributed by atoms with Crippen molar-refractivity contribution in [1.29, 1.82) is 0 Å². The van der Waals surface area contributed by atoms with E-state index >= 15 is 0 Å². The Morgan fingerprint density at radius 1 is 0.375 bits per heavy atom. The first-order chi connectivity index (χ1) is 23.8. The van der Waals surface area contributed by atoms with E-state index < -0.39 is 0 Å². The molecule has 10 rings (SSSR count). The lowest BCUT2D eigenvalue weighted by atomic mass is 10.00. The maximum Gasteiger partial charge on any atom is 0.235 e. The molecule has 0 fully saturated rings. The first kappa shape index (κ1) is 26.7. The van der Waals surface area contributed by atoms with Gasteiger partial charge in [-0.15, -0.1) is 0 Å². The molecule has 3 heterocycles. The zero-order valence-corrected chi connectivity index (χ0v) is 26.0. The minimum atomic E-state index is 0.657. The molecule has 4 heteroatoms. The minimum absolute atomic E-state index is 0.657. The zero-order chi connectivity index (χ0) is 31.6. The van der Waals surface area contributed by atoms with E-state index in [1.807, 2.05) is 0 Å². The quantitative estimate of drug-likeness (QED) is 0.198. The fourth-order valence-corrected chi connectivity index (χ4v) is 7.43. The van der Waals surface area contributed by atoms with Gasteiger partial charge in [0.15, 0.2) is 0 Å². The van der Waals surface area contributed by atoms with Crippen LogP contribution in [0.2, 0.25) is 0 Å². The molecule has 0 saturated heterocycles. The van der Waals surface area contributed by atoms with Gasteiger partial charge in [0.2, 0.25) is 5.95 Å². The van der Waals surface area contributed by atoms with Gasteiger partial charge in [-0.25, -0.2) is 9.97 Å². The molecule has 0 N–H and O–H groups in total. The third-order valence-electron chi connectivity index (χ3n) is 9.52. The van der Waals surface area contributed by atoms with Crippen LogP contribution in [0.4, 0.5) is 0 Å². The van der Waals surface area contributed by atoms with Gasteiger partial charge in [-0.3, -0.25) is 4.57 Å². The van der Waals surface area contributed by atoms with E-state index in [1.54, 1.807) is 0 Å². The normalized spacial score (nSPS) is 11.8. The van der Waals surface area contributed by atoms with Gasteiger partial charge in [-0.2, -0.15) is 0 Å². The van der Waals surface area contributed by atoms with Crippen LogP contribution in [-0.4, -0.2) is 19.1 Å². The third-order valence-corrected chi connectivity index (χ3v) is 9.52. The van der Waals surface area contributed by atoms with Crippen LogP contribution in [0.15, 0.2) is 170 Å². The number of rotatable bonds is 4. The molecule has 0 aliphatic carbocycles. The lowest BCUT2D eigenvalue weighted by molar-refractivity contribution is 1.02. The fourth-order valence-electron chi connectivity index (χ4n) is 7.43. The van der Waals surface area contributed by atoms with Gasteiger partial charge in [0.05, 0.1) is 33.3 Å². The number of hydrogen-bond acceptors (Lipinski definition) is 2. The average Bonchev–Trinajstić information content (AvgIpc) is 3.68. The van der Waals surface area contributed by atoms with Gasteiger partial charge in [-0.05, 0) is 53.6 Å². The van der Waals surface area contributed by atoms with Crippen LogP contribution in [-0.2, 0) is 0 Å². The van der Waals surface area contributed by atoms with Crippen molar-refractivity contribution in [2.75, 3.05) is 0 Å². The number of nitrogens with zero attached hydrogens (tertiary/aromatic N) is 4. The Morgan fingerprint density at radius 3 is 1.81 bits per heavy atom. The number of fused-ring (bicyclic) bond motifs is 8. The van der Waals surface area contributed by atoms with Crippen molar-refractivity contribution in [3.63, 3.8) is 0 Å². The van der Waals surface area contributed by atoms with Crippen LogP contribution in [0.5, 0.6) is 0 Å². The molecule has 0 spiro atoms. The maximum atomic E-state index is 5.45. The minimum Gasteiger partial charge on any atom is -0.309 e. The standard InChI is InChI=1S/C44H28N4/c1-3-14-29(15-4-1)30-16-13-17-31(28-30)42-35-21-7-10-23-37(35)45-44(46-42)48-38-24-11-8-20-33(38)34-26-27-40-41(43(34)48)36-22-9-12-25-39(36)47(40)32-18-5-2-6-19-32/h1-28H. The molecule has 48 heavy (non-hydrogen) atoms. The molecule has 0 saturated carbocycles. The molecule has 0 aliphatic rings. The Morgan fingerprint density at radius 2 is 1.00 bits per heavy atom. The highest BCUT2D eigenvalue weighted by Crippen LogP contribution is 2.42. The molecule has 3 aromatic heterocycles. The van der Waals surface area contributed by atoms with E-state index in [1.165, 1.54) is 32.6 Å². The van der Waals surface area contributed by atoms with Crippen LogP contribution < -0.4 is 0 Å². The van der Waals surface area contributed by atoms with Crippen molar-refractivity contribution in [2.24, 2.45) is 0 Å². The molecule has 0 bridgehead atoms. The van der Waals surface area contributed by atoms with Gasteiger partial charge in [0.25, 0.3) is 0 Å². The van der Waals surface area contributed by atoms with Gasteiger partial charge < -0.3 is 4.57 Å². The Labute approximate surface area is 276 Å². The fraction of sp³-hybridized carbons (Fsp3) is 0. The molecule has 0 atom stereocenters. The second-order valence-corrected chi connectivity index (χ2v) is 12.2. The molecule has 0 unspecified atom stereocenters. The van der Waals surface area contributed by atoms with Crippen LogP contribution in [0.25, 0.3) is 88.5 Å². The van der Waals surface area contributed by atoms with Gasteiger partial charge in [0.1, 0.15) is 0 Å². The molecule has 10 aromatic rings. The van der Waals surface area contributed by atoms with Crippen LogP contribution in [0.1, 0.15) is 0 Å². The summed E-state index contributed by atoms with van der Waals surface area (Å²) in [6.07, 6.45) is 0. The Hall–Kier alpha value is -6.52. The second-order valence-electron chi connectivity index (χ2n) is 12.2. The third kappa shape index (κ3) is 3.96. The van der Waals surface area contributed by atoms with Crippen molar-refractivity contribution in [2.45, 2.75) is 0 Å². The van der Waals surface area contributed by atoms with Crippen molar-refractivity contribution in [3.8, 4) is 34.0 Å². The molecular formula is C44H28N4. The molecule has 0 radical (unpaired) electrons. The van der Waals surface area contributed by atoms with E-state index in [9.17, 15) is 0 Å². The predicted octanol–water partition coefficient (Wildman–Crippen LogP) is 11.2. The molecule has 0 aliphatic heterocycles. The maximum absolute atomic E-state index is 5.45. The summed E-state index contributed by atoms with van der Waals surface area (Å²) in [5.74, 6) is 0.657. The molecular weight excluding hydrogens is 585 g/mol. The van der Waals surface area contributed by atoms with E-state index in [0.717, 1.165) is 50.0 Å². The van der Waals surface area contributed by atoms with Gasteiger partial charge in [0, 0.05) is 38.2 Å². The number of para-hydroxylation sites is 4. The first-order valence-corrected chi connectivity index (χ1v) is 16.3. The van der Waals surface area contributed by atoms with E-state index in [4.69, 9.17) is 9.97 Å². The summed E-state index contributed by atoms with van der Waals surface area (Å²) >= 11 is 0. The van der Waals surface area contributed by atoms with Gasteiger partial charge >= 0.3 is 0 Å². The smallest absolute Gasteiger partial charge is 0.235 e. The number of aromatic nitrogens is 4. The highest BCUT2D eigenvalue weighted by Gasteiger charge is 2.22. The first-order valence-electron chi connectivity index (χ1n) is 16.3. The predicted molar refractivity (Wildman–Crippen MR) is 199 cm³/mol. The summed E-state index contributed by atoms with van der Waals surface area (Å²) in [5.41, 5.74) is 10.9. The van der Waals surface area contributed by atoms with Crippen molar-refractivity contribution in [1.82, 2.24) is 19.1 Å². The average molecular weight is 613 g/mol. The van der Waals surface area contributed by atoms with Crippen molar-refractivity contribution >= 4 is 54.5 Å². The summed E-state index contributed by atoms with van der Waals surface area (Å²) in [6, 6.07) is 60.0. The van der Waals surface area contributed by atoms with Crippen LogP contribution >= 0.6 is 0 Å². The summed E-state index contributed by atoms with van der Waals surface area (Å²) < 4.78 is 4.65. The molecule has 7 aromatic carbocycles. The highest BCUT2D eigenvalue weighted by molar-refractivity contribution is 6.26. The summed E-state index contributed by atoms with van der Waals surface area (Å²) in [4.78, 5) is 10.7. The van der Waals surface area contributed by atoms with Crippen molar-refractivity contribution < 1.29 is 0 Å². The molecule has 0 amide bonds. The van der Waals surface area contributed by atoms with E-state index in [-0.39, 0.29) is 0 Å². The number of benzene rings is 7. The Bertz CT molecular complexity index is 2830. The molecule has 4 nitrogen and oxygen atoms in total. The van der Waals surface area contributed by atoms with Crippen LogP contribution in [0.3, 0.4) is 0 Å². The number of hydrogen-bond donors (Lipinski definition) is 0. The highest BCUT2D eigenvalue weighted by atomic mass is 15.2. The Kier molecular flexibility index (Phi) is 5.84. The van der Waals surface area contributed by atoms with E-state index in [0.29, 0.717) is 5.95 Å². The van der Waals surface area contributed by atoms with Crippen LogP contribution in [0, 0.1) is 0 Å². The zero-order valence-electron chi connectivity index (χ0n) is 26.0. The lowest BCUT2D eigenvalue weighted by Crippen LogP contribution is -2.03. The van der Waals surface area contributed by atoms with E-state index in [2.05, 4.69) is 179 Å². The SMILES string of the molecule is c1ccc(-c2cccc(-c3nc(-n4c5ccccc5c5ccc6c(c7ccccc7n6-c6ccccc6)c54)nc4ccccc34)c2)cc1. The van der Waals surface area contributed by atoms with Crippen molar-refractivity contribution in [3.05, 3.63) is 170 Å². The monoisotopic (exact) mass is 612 g/mol. The van der Waals surface area contributed by atoms with Gasteiger partial charge in [-0.1, -0.05) is 127 Å². The lowest BCUT2D eigenvalue weighted by Gasteiger charge is -2.13.